The van der Waals surface area contributed by atoms with Gasteiger partial charge in [0, 0.05) is 0 Å². The van der Waals surface area contributed by atoms with Crippen LogP contribution in [0.1, 0.15) is 64.7 Å². The van der Waals surface area contributed by atoms with Crippen LogP contribution in [-0.2, 0) is 0 Å². The van der Waals surface area contributed by atoms with Gasteiger partial charge in [-0.2, -0.15) is 0 Å². The van der Waals surface area contributed by atoms with Crippen LogP contribution >= 0.6 is 10.0 Å². The number of rotatable bonds is 10. The lowest BCUT2D eigenvalue weighted by atomic mass is 10.1. The van der Waals surface area contributed by atoms with Gasteiger partial charge in [0.15, 0.2) is 0 Å². The second-order valence-corrected chi connectivity index (χ2v) is 5.58. The summed E-state index contributed by atoms with van der Waals surface area (Å²) in [6.45, 7) is 2.27. The zero-order valence-corrected chi connectivity index (χ0v) is 10.9. The number of halogens is 1. The van der Waals surface area contributed by atoms with Gasteiger partial charge >= 0.3 is 14.3 Å². The summed E-state index contributed by atoms with van der Waals surface area (Å²) < 4.78 is 0. The molecule has 13 heavy (non-hydrogen) atoms. The summed E-state index contributed by atoms with van der Waals surface area (Å²) in [5.74, 6) is 0. The predicted molar refractivity (Wildman–Crippen MR) is 63.6 cm³/mol. The van der Waals surface area contributed by atoms with E-state index in [0.29, 0.717) is 0 Å². The molecule has 0 spiro atoms. The molecule has 0 aliphatic heterocycles. The van der Waals surface area contributed by atoms with Crippen molar-refractivity contribution < 1.29 is 0 Å². The van der Waals surface area contributed by atoms with Crippen molar-refractivity contribution in [2.75, 3.05) is 0 Å². The lowest BCUT2D eigenvalue weighted by Crippen LogP contribution is -1.82. The van der Waals surface area contributed by atoms with Crippen molar-refractivity contribution in [3.05, 3.63) is 0 Å². The highest BCUT2D eigenvalue weighted by molar-refractivity contribution is 6.93. The minimum Gasteiger partial charge on any atom is -0.276 e. The fourth-order valence-electron chi connectivity index (χ4n) is 1.53. The monoisotopic (exact) mass is 217 g/mol. The fraction of sp³-hybridized carbons (Fsp3) is 1.00. The second kappa shape index (κ2) is 12.8. The summed E-state index contributed by atoms with van der Waals surface area (Å²) in [5, 5.41) is 1.29. The Bertz CT molecular complexity index is 76.2. The van der Waals surface area contributed by atoms with Crippen LogP contribution in [-0.4, -0.2) is 14.3 Å². The van der Waals surface area contributed by atoms with Crippen LogP contribution in [0.2, 0.25) is 5.28 Å². The molecule has 2 heteroatoms. The van der Waals surface area contributed by atoms with Gasteiger partial charge in [0.05, 0.1) is 0 Å². The van der Waals surface area contributed by atoms with Gasteiger partial charge in [0.25, 0.3) is 0 Å². The van der Waals surface area contributed by atoms with Gasteiger partial charge in [-0.05, 0) is 0 Å². The van der Waals surface area contributed by atoms with Crippen molar-refractivity contribution in [3.63, 3.8) is 0 Å². The van der Waals surface area contributed by atoms with Gasteiger partial charge in [0.1, 0.15) is 0 Å². The highest BCUT2D eigenvalue weighted by Gasteiger charge is 1.92. The van der Waals surface area contributed by atoms with Crippen LogP contribution in [0.5, 0.6) is 0 Å². The maximum atomic E-state index is 5.68. The highest BCUT2D eigenvalue weighted by Crippen LogP contribution is 2.10. The molecule has 0 N–H and O–H groups in total. The summed E-state index contributed by atoms with van der Waals surface area (Å²) in [6.07, 6.45) is 12.8. The van der Waals surface area contributed by atoms with Crippen LogP contribution in [0, 0.1) is 0 Å². The van der Waals surface area contributed by atoms with Gasteiger partial charge in [-0.15, -0.1) is 0 Å². The van der Waals surface area contributed by atoms with E-state index in [1.165, 1.54) is 63.1 Å². The first-order chi connectivity index (χ1) is 6.41. The summed E-state index contributed by atoms with van der Waals surface area (Å²) in [6, 6.07) is 0. The van der Waals surface area contributed by atoms with E-state index in [1.54, 1.807) is 0 Å². The standard InChI is InChI=1S/C11H23.Al.ClH/c1-3-5-7-9-11-10-8-6-4-2;;/h1,3-11H2,2H3;;1H/q;+1;/p-1. The van der Waals surface area contributed by atoms with E-state index in [9.17, 15) is 0 Å². The molecule has 0 aliphatic rings. The van der Waals surface area contributed by atoms with E-state index in [0.717, 1.165) is 0 Å². The zero-order valence-electron chi connectivity index (χ0n) is 9.03. The van der Waals surface area contributed by atoms with E-state index >= 15 is 0 Å². The molecule has 0 unspecified atom stereocenters. The van der Waals surface area contributed by atoms with Crippen LogP contribution in [0.25, 0.3) is 0 Å². The Hall–Kier alpha value is 0.822. The summed E-state index contributed by atoms with van der Waals surface area (Å²) >= 11 is 0.239. The molecule has 0 heterocycles. The molecular weight excluding hydrogens is 195 g/mol. The number of hydrogen-bond acceptors (Lipinski definition) is 0. The first-order valence-electron chi connectivity index (χ1n) is 5.83. The Morgan fingerprint density at radius 1 is 0.769 bits per heavy atom. The van der Waals surface area contributed by atoms with E-state index in [4.69, 9.17) is 10.0 Å². The molecule has 0 fully saturated rings. The third kappa shape index (κ3) is 12.8. The largest absolute Gasteiger partial charge is 0.355 e. The Kier molecular flexibility index (Phi) is 13.6. The lowest BCUT2D eigenvalue weighted by Gasteiger charge is -2.00. The van der Waals surface area contributed by atoms with Crippen molar-refractivity contribution in [3.8, 4) is 0 Å². The van der Waals surface area contributed by atoms with Crippen LogP contribution in [0.15, 0.2) is 0 Å². The average molecular weight is 218 g/mol. The number of hydrogen-bond donors (Lipinski definition) is 0. The molecule has 0 aromatic rings. The fourth-order valence-corrected chi connectivity index (χ4v) is 2.44. The topological polar surface area (TPSA) is 0 Å². The summed E-state index contributed by atoms with van der Waals surface area (Å²) in [7, 11) is 5.68. The van der Waals surface area contributed by atoms with E-state index < -0.39 is 0 Å². The first-order valence-corrected chi connectivity index (χ1v) is 8.40. The van der Waals surface area contributed by atoms with Crippen molar-refractivity contribution in [1.29, 1.82) is 0 Å². The van der Waals surface area contributed by atoms with E-state index in [2.05, 4.69) is 6.92 Å². The Morgan fingerprint density at radius 2 is 1.23 bits per heavy atom. The molecule has 0 nitrogen and oxygen atoms in total. The molecule has 0 saturated heterocycles. The maximum Gasteiger partial charge on any atom is 0.355 e. The minimum atomic E-state index is 0.239. The van der Waals surface area contributed by atoms with E-state index in [-0.39, 0.29) is 14.3 Å². The van der Waals surface area contributed by atoms with Crippen LogP contribution in [0.4, 0.5) is 0 Å². The third-order valence-corrected chi connectivity index (χ3v) is 3.70. The van der Waals surface area contributed by atoms with Crippen molar-refractivity contribution >= 4 is 24.3 Å². The SMILES string of the molecule is CCCCCCCCCC[CH2][Al][Cl]. The average Bonchev–Trinajstić information content (AvgIpc) is 2.16. The molecule has 0 amide bonds. The molecule has 0 aromatic carbocycles. The normalized spacial score (nSPS) is 10.3. The third-order valence-electron chi connectivity index (χ3n) is 2.42. The van der Waals surface area contributed by atoms with Gasteiger partial charge in [-0.1, -0.05) is 70.0 Å². The molecule has 0 atom stereocenters. The van der Waals surface area contributed by atoms with Gasteiger partial charge < -0.3 is 0 Å². The van der Waals surface area contributed by atoms with Crippen molar-refractivity contribution in [2.45, 2.75) is 70.0 Å². The maximum absolute atomic E-state index is 5.68. The molecule has 0 rings (SSSR count). The lowest BCUT2D eigenvalue weighted by molar-refractivity contribution is 0.572. The van der Waals surface area contributed by atoms with Crippen LogP contribution < -0.4 is 0 Å². The highest BCUT2D eigenvalue weighted by atomic mass is 35.6. The molecular formula is C11H23AlCl. The van der Waals surface area contributed by atoms with E-state index in [1.807, 2.05) is 0 Å². The van der Waals surface area contributed by atoms with Gasteiger partial charge in [-0.3, -0.25) is 10.0 Å². The quantitative estimate of drug-likeness (QED) is 0.365. The zero-order chi connectivity index (χ0) is 9.78. The minimum absolute atomic E-state index is 0.239. The smallest absolute Gasteiger partial charge is 0.276 e. The van der Waals surface area contributed by atoms with Crippen LogP contribution in [0.3, 0.4) is 0 Å². The second-order valence-electron chi connectivity index (χ2n) is 3.77. The predicted octanol–water partition coefficient (Wildman–Crippen LogP) is 4.79. The molecule has 1 radical (unpaired) electrons. The van der Waals surface area contributed by atoms with Gasteiger partial charge in [-0.25, -0.2) is 0 Å². The molecule has 0 aromatic heterocycles. The van der Waals surface area contributed by atoms with Crippen molar-refractivity contribution in [1.82, 2.24) is 0 Å². The molecule has 77 valence electrons. The summed E-state index contributed by atoms with van der Waals surface area (Å²) in [5.41, 5.74) is 0. The Morgan fingerprint density at radius 3 is 1.69 bits per heavy atom. The molecule has 0 bridgehead atoms. The molecule has 0 aliphatic carbocycles. The Balaban J connectivity index is 2.76. The number of unbranched alkanes of at least 4 members (excludes halogenated alkanes) is 8. The van der Waals surface area contributed by atoms with Crippen molar-refractivity contribution in [2.24, 2.45) is 0 Å². The van der Waals surface area contributed by atoms with Gasteiger partial charge in [0.2, 0.25) is 0 Å². The first kappa shape index (κ1) is 13.8. The Labute approximate surface area is 94.4 Å². The summed E-state index contributed by atoms with van der Waals surface area (Å²) in [4.78, 5) is 0. The molecule has 0 saturated carbocycles.